The first-order valence-electron chi connectivity index (χ1n) is 14.0. The van der Waals surface area contributed by atoms with E-state index in [0.29, 0.717) is 50.3 Å². The Morgan fingerprint density at radius 2 is 1.88 bits per heavy atom. The quantitative estimate of drug-likeness (QED) is 0.286. The molecule has 0 fully saturated rings. The van der Waals surface area contributed by atoms with Gasteiger partial charge >= 0.3 is 5.97 Å². The molecule has 1 aliphatic rings. The van der Waals surface area contributed by atoms with Crippen LogP contribution in [0.25, 0.3) is 5.57 Å². The van der Waals surface area contributed by atoms with Gasteiger partial charge < -0.3 is 15.0 Å². The third-order valence-corrected chi connectivity index (χ3v) is 8.70. The van der Waals surface area contributed by atoms with Crippen LogP contribution in [0.5, 0.6) is 0 Å². The minimum absolute atomic E-state index is 0.000405. The summed E-state index contributed by atoms with van der Waals surface area (Å²) in [5.74, 6) is -0.0273. The molecule has 0 radical (unpaired) electrons. The molecule has 2 aromatic carbocycles. The van der Waals surface area contributed by atoms with Gasteiger partial charge in [0.05, 0.1) is 20.2 Å². The van der Waals surface area contributed by atoms with E-state index in [1.807, 2.05) is 65.9 Å². The summed E-state index contributed by atoms with van der Waals surface area (Å²) < 4.78 is 4.95. The van der Waals surface area contributed by atoms with Crippen LogP contribution >= 0.6 is 23.1 Å². The number of carbonyl (C=O) groups is 3. The van der Waals surface area contributed by atoms with Crippen molar-refractivity contribution in [2.75, 3.05) is 38.8 Å². The fourth-order valence-electron chi connectivity index (χ4n) is 5.08. The van der Waals surface area contributed by atoms with Gasteiger partial charge in [-0.25, -0.2) is 9.78 Å². The average Bonchev–Trinajstić information content (AvgIpc) is 3.52. The highest BCUT2D eigenvalue weighted by Crippen LogP contribution is 2.30. The monoisotopic (exact) mass is 606 g/mol. The lowest BCUT2D eigenvalue weighted by Crippen LogP contribution is -2.46. The van der Waals surface area contributed by atoms with Crippen LogP contribution in [-0.2, 0) is 32.2 Å². The molecule has 2 amide bonds. The van der Waals surface area contributed by atoms with Gasteiger partial charge in [0.15, 0.2) is 0 Å². The Kier molecular flexibility index (Phi) is 11.7. The normalized spacial score (nSPS) is 14.1. The number of aryl methyl sites for hydroxylation is 1. The first kappa shape index (κ1) is 31.5. The van der Waals surface area contributed by atoms with E-state index in [2.05, 4.69) is 27.3 Å². The van der Waals surface area contributed by atoms with E-state index in [1.54, 1.807) is 29.3 Å². The molecule has 2 heterocycles. The van der Waals surface area contributed by atoms with Crippen LogP contribution in [0, 0.1) is 6.92 Å². The number of aromatic nitrogens is 1. The summed E-state index contributed by atoms with van der Waals surface area (Å²) in [4.78, 5) is 48.2. The number of carbonyl (C=O) groups excluding carboxylic acids is 3. The molecule has 1 aliphatic heterocycles. The summed E-state index contributed by atoms with van der Waals surface area (Å²) in [5, 5.41) is 5.82. The van der Waals surface area contributed by atoms with Crippen molar-refractivity contribution in [3.05, 3.63) is 93.4 Å². The van der Waals surface area contributed by atoms with Gasteiger partial charge in [0.25, 0.3) is 0 Å². The van der Waals surface area contributed by atoms with Crippen molar-refractivity contribution >= 4 is 46.5 Å². The Hall–Kier alpha value is -3.47. The van der Waals surface area contributed by atoms with Crippen molar-refractivity contribution in [3.8, 4) is 0 Å². The van der Waals surface area contributed by atoms with Gasteiger partial charge in [0, 0.05) is 36.8 Å². The van der Waals surface area contributed by atoms with E-state index in [4.69, 9.17) is 4.74 Å². The van der Waals surface area contributed by atoms with E-state index in [-0.39, 0.29) is 18.4 Å². The molecule has 1 aromatic heterocycles. The van der Waals surface area contributed by atoms with Crippen molar-refractivity contribution in [2.24, 2.45) is 0 Å². The Labute approximate surface area is 256 Å². The highest BCUT2D eigenvalue weighted by molar-refractivity contribution is 7.98. The van der Waals surface area contributed by atoms with Crippen LogP contribution < -0.4 is 5.32 Å². The second kappa shape index (κ2) is 15.7. The SMILES string of the molecule is COC(=O)C(CCSC)NC(=O)C1=C(c2ccccc2C)CN(C(=O)CN(Cc2ccccc2)Cc2nccs2)CC1. The topological polar surface area (TPSA) is 91.8 Å². The van der Waals surface area contributed by atoms with E-state index in [0.717, 1.165) is 27.3 Å². The summed E-state index contributed by atoms with van der Waals surface area (Å²) in [7, 11) is 1.33. The smallest absolute Gasteiger partial charge is 0.328 e. The second-order valence-electron chi connectivity index (χ2n) is 10.2. The highest BCUT2D eigenvalue weighted by Gasteiger charge is 2.31. The summed E-state index contributed by atoms with van der Waals surface area (Å²) in [6.07, 6.45) is 4.61. The van der Waals surface area contributed by atoms with Crippen molar-refractivity contribution in [3.63, 3.8) is 0 Å². The molecule has 3 aromatic rings. The van der Waals surface area contributed by atoms with E-state index in [9.17, 15) is 14.4 Å². The Morgan fingerprint density at radius 3 is 2.57 bits per heavy atom. The van der Waals surface area contributed by atoms with Crippen molar-refractivity contribution in [2.45, 2.75) is 38.9 Å². The van der Waals surface area contributed by atoms with Crippen molar-refractivity contribution < 1.29 is 19.1 Å². The summed E-state index contributed by atoms with van der Waals surface area (Å²) in [6.45, 7) is 4.17. The van der Waals surface area contributed by atoms with E-state index in [1.165, 1.54) is 7.11 Å². The van der Waals surface area contributed by atoms with Gasteiger partial charge in [0.2, 0.25) is 11.8 Å². The number of ether oxygens (including phenoxy) is 1. The predicted molar refractivity (Wildman–Crippen MR) is 169 cm³/mol. The summed E-state index contributed by atoms with van der Waals surface area (Å²) in [6, 6.07) is 17.3. The van der Waals surface area contributed by atoms with Crippen LogP contribution in [0.15, 0.2) is 71.7 Å². The molecular formula is C32H38N4O4S2. The number of nitrogens with zero attached hydrogens (tertiary/aromatic N) is 3. The molecule has 0 saturated heterocycles. The zero-order valence-electron chi connectivity index (χ0n) is 24.4. The van der Waals surface area contributed by atoms with Crippen LogP contribution in [-0.4, -0.2) is 77.4 Å². The predicted octanol–water partition coefficient (Wildman–Crippen LogP) is 4.55. The molecule has 1 atom stereocenters. The number of methoxy groups -OCH3 is 1. The Morgan fingerprint density at radius 1 is 1.12 bits per heavy atom. The molecule has 222 valence electrons. The molecule has 0 saturated carbocycles. The van der Waals surface area contributed by atoms with Crippen molar-refractivity contribution in [1.82, 2.24) is 20.1 Å². The van der Waals surface area contributed by atoms with Crippen LogP contribution in [0.1, 0.15) is 34.5 Å². The maximum Gasteiger partial charge on any atom is 0.328 e. The number of rotatable bonds is 13. The lowest BCUT2D eigenvalue weighted by molar-refractivity contribution is -0.144. The van der Waals surface area contributed by atoms with Gasteiger partial charge in [-0.15, -0.1) is 11.3 Å². The van der Waals surface area contributed by atoms with Crippen LogP contribution in [0.4, 0.5) is 0 Å². The number of esters is 1. The molecule has 0 bridgehead atoms. The first-order valence-corrected chi connectivity index (χ1v) is 16.2. The third kappa shape index (κ3) is 8.53. The Bertz CT molecular complexity index is 1380. The maximum absolute atomic E-state index is 13.8. The highest BCUT2D eigenvalue weighted by atomic mass is 32.2. The zero-order chi connectivity index (χ0) is 29.9. The molecule has 4 rings (SSSR count). The zero-order valence-corrected chi connectivity index (χ0v) is 26.0. The second-order valence-corrected chi connectivity index (χ2v) is 12.2. The first-order chi connectivity index (χ1) is 20.4. The minimum Gasteiger partial charge on any atom is -0.467 e. The van der Waals surface area contributed by atoms with Gasteiger partial charge in [-0.2, -0.15) is 11.8 Å². The molecule has 0 aliphatic carbocycles. The maximum atomic E-state index is 13.8. The summed E-state index contributed by atoms with van der Waals surface area (Å²) >= 11 is 3.18. The number of amides is 2. The number of hydrogen-bond donors (Lipinski definition) is 1. The standard InChI is InChI=1S/C32H38N4O4S2/c1-23-9-7-8-12-25(23)27-20-36(16-13-26(27)31(38)34-28(14-17-41-3)32(39)40-2)30(37)22-35(21-29-33-15-18-42-29)19-24-10-5-4-6-11-24/h4-12,15,18,28H,13-14,16-17,19-22H2,1-3H3,(H,34,38). The van der Waals surface area contributed by atoms with Gasteiger partial charge in [-0.05, 0) is 54.0 Å². The molecule has 1 unspecified atom stereocenters. The Balaban J connectivity index is 1.56. The number of nitrogens with one attached hydrogen (secondary N) is 1. The van der Waals surface area contributed by atoms with E-state index >= 15 is 0 Å². The fraction of sp³-hybridized carbons (Fsp3) is 0.375. The lowest BCUT2D eigenvalue weighted by Gasteiger charge is -2.33. The van der Waals surface area contributed by atoms with E-state index < -0.39 is 12.0 Å². The molecule has 10 heteroatoms. The van der Waals surface area contributed by atoms with Crippen molar-refractivity contribution in [1.29, 1.82) is 0 Å². The molecule has 1 N–H and O–H groups in total. The largest absolute Gasteiger partial charge is 0.467 e. The molecule has 8 nitrogen and oxygen atoms in total. The van der Waals surface area contributed by atoms with Crippen LogP contribution in [0.3, 0.4) is 0 Å². The van der Waals surface area contributed by atoms with Gasteiger partial charge in [-0.3, -0.25) is 14.5 Å². The number of benzene rings is 2. The number of hydrogen-bond acceptors (Lipinski definition) is 8. The molecule has 42 heavy (non-hydrogen) atoms. The number of thiazole rings is 1. The third-order valence-electron chi connectivity index (χ3n) is 7.29. The summed E-state index contributed by atoms with van der Waals surface area (Å²) in [5.41, 5.74) is 4.50. The average molecular weight is 607 g/mol. The fourth-order valence-corrected chi connectivity index (χ4v) is 6.21. The van der Waals surface area contributed by atoms with Gasteiger partial charge in [-0.1, -0.05) is 54.6 Å². The minimum atomic E-state index is -0.724. The lowest BCUT2D eigenvalue weighted by atomic mass is 9.90. The molecular weight excluding hydrogens is 569 g/mol. The van der Waals surface area contributed by atoms with Gasteiger partial charge in [0.1, 0.15) is 11.0 Å². The number of thioether (sulfide) groups is 1. The molecule has 0 spiro atoms. The van der Waals surface area contributed by atoms with Crippen LogP contribution in [0.2, 0.25) is 0 Å².